The highest BCUT2D eigenvalue weighted by Crippen LogP contribution is 1.93. The molecule has 1 aliphatic heterocycles. The van der Waals surface area contributed by atoms with E-state index in [-0.39, 0.29) is 6.04 Å². The van der Waals surface area contributed by atoms with Crippen molar-refractivity contribution < 1.29 is 4.84 Å². The second-order valence-electron chi connectivity index (χ2n) is 1.94. The van der Waals surface area contributed by atoms with Gasteiger partial charge < -0.3 is 10.6 Å². The van der Waals surface area contributed by atoms with Crippen LogP contribution in [0.2, 0.25) is 0 Å². The van der Waals surface area contributed by atoms with Gasteiger partial charge in [-0.05, 0) is 0 Å². The average molecular weight is 128 g/mol. The van der Waals surface area contributed by atoms with Crippen LogP contribution >= 0.6 is 0 Å². The van der Waals surface area contributed by atoms with Crippen molar-refractivity contribution in [1.29, 1.82) is 0 Å². The van der Waals surface area contributed by atoms with E-state index in [1.807, 2.05) is 0 Å². The average Bonchev–Trinajstić information content (AvgIpc) is 2.18. The lowest BCUT2D eigenvalue weighted by Crippen LogP contribution is -2.28. The summed E-state index contributed by atoms with van der Waals surface area (Å²) in [5.74, 6) is 0. The summed E-state index contributed by atoms with van der Waals surface area (Å²) in [5.41, 5.74) is 6.41. The van der Waals surface area contributed by atoms with E-state index < -0.39 is 0 Å². The molecule has 2 N–H and O–H groups in total. The Labute approximate surface area is 54.0 Å². The molecule has 1 unspecified atom stereocenters. The Morgan fingerprint density at radius 3 is 3.11 bits per heavy atom. The molecule has 0 spiro atoms. The van der Waals surface area contributed by atoms with E-state index >= 15 is 0 Å². The molecule has 0 bridgehead atoms. The molecule has 1 heterocycles. The van der Waals surface area contributed by atoms with Crippen LogP contribution in [0.3, 0.4) is 0 Å². The molecule has 0 aromatic heterocycles. The first-order chi connectivity index (χ1) is 4.34. The second-order valence-corrected chi connectivity index (χ2v) is 1.94. The summed E-state index contributed by atoms with van der Waals surface area (Å²) in [6.45, 7) is 1.32. The molecule has 51 valence electrons. The maximum atomic E-state index is 5.56. The molecule has 0 amide bonds. The molecular formula is C5H10N3O. The molecule has 4 nitrogen and oxygen atoms in total. The van der Waals surface area contributed by atoms with Crippen molar-refractivity contribution >= 4 is 5.71 Å². The van der Waals surface area contributed by atoms with Crippen molar-refractivity contribution in [3.8, 4) is 0 Å². The number of rotatable bonds is 1. The number of nitrogens with two attached hydrogens (primary N) is 1. The summed E-state index contributed by atoms with van der Waals surface area (Å²) in [6, 6.07) is -0.00931. The number of nitrogens with zero attached hydrogens (tertiary/aromatic N) is 2. The number of oxime groups is 1. The fourth-order valence-electron chi connectivity index (χ4n) is 0.755. The molecule has 1 rings (SSSR count). The van der Waals surface area contributed by atoms with Gasteiger partial charge in [-0.1, -0.05) is 5.16 Å². The molecule has 1 atom stereocenters. The quantitative estimate of drug-likeness (QED) is 0.457. The van der Waals surface area contributed by atoms with Gasteiger partial charge in [0.1, 0.15) is 7.11 Å². The van der Waals surface area contributed by atoms with Crippen molar-refractivity contribution in [1.82, 2.24) is 5.32 Å². The maximum absolute atomic E-state index is 5.56. The zero-order valence-corrected chi connectivity index (χ0v) is 5.37. The highest BCUT2D eigenvalue weighted by molar-refractivity contribution is 5.92. The van der Waals surface area contributed by atoms with E-state index in [0.29, 0.717) is 13.1 Å². The van der Waals surface area contributed by atoms with E-state index in [0.717, 1.165) is 5.71 Å². The first-order valence-electron chi connectivity index (χ1n) is 2.83. The third-order valence-corrected chi connectivity index (χ3v) is 1.24. The second kappa shape index (κ2) is 2.80. The van der Waals surface area contributed by atoms with Gasteiger partial charge in [-0.3, -0.25) is 0 Å². The first kappa shape index (κ1) is 6.51. The largest absolute Gasteiger partial charge is 0.399 e. The summed E-state index contributed by atoms with van der Waals surface area (Å²) in [7, 11) is 1.51. The van der Waals surface area contributed by atoms with Crippen LogP contribution < -0.4 is 11.1 Å². The molecule has 1 radical (unpaired) electrons. The smallest absolute Gasteiger partial charge is 0.106 e. The zero-order chi connectivity index (χ0) is 6.69. The van der Waals surface area contributed by atoms with E-state index in [1.54, 1.807) is 0 Å². The summed E-state index contributed by atoms with van der Waals surface area (Å²) in [6.07, 6.45) is 0. The van der Waals surface area contributed by atoms with Gasteiger partial charge in [0, 0.05) is 6.54 Å². The lowest BCUT2D eigenvalue weighted by atomic mass is 10.2. The first-order valence-corrected chi connectivity index (χ1v) is 2.83. The third kappa shape index (κ3) is 1.40. The van der Waals surface area contributed by atoms with Crippen LogP contribution in [-0.2, 0) is 4.84 Å². The summed E-state index contributed by atoms with van der Waals surface area (Å²) < 4.78 is 0. The normalized spacial score (nSPS) is 31.3. The van der Waals surface area contributed by atoms with E-state index in [1.165, 1.54) is 7.11 Å². The van der Waals surface area contributed by atoms with Gasteiger partial charge in [-0.2, -0.15) is 0 Å². The predicted molar refractivity (Wildman–Crippen MR) is 34.3 cm³/mol. The minimum atomic E-state index is -0.00931. The molecule has 0 aromatic carbocycles. The van der Waals surface area contributed by atoms with Gasteiger partial charge in [0.15, 0.2) is 0 Å². The maximum Gasteiger partial charge on any atom is 0.106 e. The topological polar surface area (TPSA) is 61.7 Å². The van der Waals surface area contributed by atoms with Crippen molar-refractivity contribution in [2.45, 2.75) is 6.04 Å². The fourth-order valence-corrected chi connectivity index (χ4v) is 0.755. The lowest BCUT2D eigenvalue weighted by Gasteiger charge is -1.98. The van der Waals surface area contributed by atoms with E-state index in [2.05, 4.69) is 15.3 Å². The lowest BCUT2D eigenvalue weighted by molar-refractivity contribution is 0.212. The number of hydrogen-bond donors (Lipinski definition) is 1. The molecule has 0 saturated carbocycles. The monoisotopic (exact) mass is 128 g/mol. The molecule has 0 aliphatic carbocycles. The van der Waals surface area contributed by atoms with Crippen molar-refractivity contribution in [2.24, 2.45) is 10.9 Å². The summed E-state index contributed by atoms with van der Waals surface area (Å²) >= 11 is 0. The Morgan fingerprint density at radius 2 is 2.67 bits per heavy atom. The molecule has 1 aliphatic rings. The molecule has 1 fully saturated rings. The van der Waals surface area contributed by atoms with Crippen molar-refractivity contribution in [3.63, 3.8) is 0 Å². The molecule has 9 heavy (non-hydrogen) atoms. The molecular weight excluding hydrogens is 118 g/mol. The van der Waals surface area contributed by atoms with Crippen molar-refractivity contribution in [3.05, 3.63) is 0 Å². The zero-order valence-electron chi connectivity index (χ0n) is 5.37. The van der Waals surface area contributed by atoms with Gasteiger partial charge >= 0.3 is 0 Å². The van der Waals surface area contributed by atoms with Gasteiger partial charge in [-0.25, -0.2) is 5.32 Å². The Balaban J connectivity index is 2.48. The SMILES string of the molecule is CON=C1C[N]CC1N. The Hall–Kier alpha value is -0.610. The Bertz CT molecular complexity index is 123. The minimum absolute atomic E-state index is 0.00931. The Morgan fingerprint density at radius 1 is 1.89 bits per heavy atom. The molecule has 0 aromatic rings. The standard InChI is InChI=1S/C5H10N3O/c1-9-8-5-3-7-2-4(5)6/h4H,2-3,6H2,1H3. The van der Waals surface area contributed by atoms with E-state index in [9.17, 15) is 0 Å². The molecule has 1 saturated heterocycles. The fraction of sp³-hybridized carbons (Fsp3) is 0.800. The van der Waals surface area contributed by atoms with Crippen molar-refractivity contribution in [2.75, 3.05) is 20.2 Å². The van der Waals surface area contributed by atoms with Crippen LogP contribution in [0.4, 0.5) is 0 Å². The highest BCUT2D eigenvalue weighted by atomic mass is 16.6. The van der Waals surface area contributed by atoms with Crippen LogP contribution in [0.25, 0.3) is 0 Å². The van der Waals surface area contributed by atoms with Crippen LogP contribution in [0.15, 0.2) is 5.16 Å². The minimum Gasteiger partial charge on any atom is -0.399 e. The third-order valence-electron chi connectivity index (χ3n) is 1.24. The summed E-state index contributed by atoms with van der Waals surface area (Å²) in [5, 5.41) is 7.73. The predicted octanol–water partition coefficient (Wildman–Crippen LogP) is -1.07. The van der Waals surface area contributed by atoms with Gasteiger partial charge in [-0.15, -0.1) is 0 Å². The van der Waals surface area contributed by atoms with Gasteiger partial charge in [0.25, 0.3) is 0 Å². The number of hydrogen-bond acceptors (Lipinski definition) is 3. The van der Waals surface area contributed by atoms with Crippen LogP contribution in [0.5, 0.6) is 0 Å². The van der Waals surface area contributed by atoms with E-state index in [4.69, 9.17) is 5.73 Å². The summed E-state index contributed by atoms with van der Waals surface area (Å²) in [4.78, 5) is 4.54. The highest BCUT2D eigenvalue weighted by Gasteiger charge is 2.18. The Kier molecular flexibility index (Phi) is 2.02. The van der Waals surface area contributed by atoms with Crippen LogP contribution in [-0.4, -0.2) is 32.0 Å². The van der Waals surface area contributed by atoms with Crippen LogP contribution in [0.1, 0.15) is 0 Å². The van der Waals surface area contributed by atoms with Gasteiger partial charge in [0.2, 0.25) is 0 Å². The molecule has 4 heteroatoms. The van der Waals surface area contributed by atoms with Gasteiger partial charge in [0.05, 0.1) is 18.3 Å². The van der Waals surface area contributed by atoms with Crippen LogP contribution in [0, 0.1) is 0 Å².